The van der Waals surface area contributed by atoms with Gasteiger partial charge in [-0.05, 0) is 25.1 Å². The summed E-state index contributed by atoms with van der Waals surface area (Å²) in [4.78, 5) is 3.67. The number of oxazole rings is 1. The van der Waals surface area contributed by atoms with Gasteiger partial charge in [0.25, 0.3) is 0 Å². The van der Waals surface area contributed by atoms with E-state index in [1.807, 2.05) is 0 Å². The Morgan fingerprint density at radius 1 is 1.24 bits per heavy atom. The molecule has 0 spiro atoms. The molecule has 0 bridgehead atoms. The number of hydrogen-bond donors (Lipinski definition) is 0. The van der Waals surface area contributed by atoms with E-state index in [2.05, 4.69) is 4.98 Å². The Balaban J connectivity index is 2.63. The Morgan fingerprint density at radius 3 is 2.47 bits per heavy atom. The zero-order valence-electron chi connectivity index (χ0n) is 8.68. The van der Waals surface area contributed by atoms with Gasteiger partial charge in [0.05, 0.1) is 17.3 Å². The van der Waals surface area contributed by atoms with Gasteiger partial charge in [0.1, 0.15) is 11.6 Å². The van der Waals surface area contributed by atoms with Crippen molar-refractivity contribution in [3.05, 3.63) is 41.5 Å². The van der Waals surface area contributed by atoms with Crippen molar-refractivity contribution >= 4 is 0 Å². The lowest BCUT2D eigenvalue weighted by molar-refractivity contribution is -0.137. The van der Waals surface area contributed by atoms with E-state index in [1.54, 1.807) is 6.92 Å². The highest BCUT2D eigenvalue weighted by Crippen LogP contribution is 2.37. The third kappa shape index (κ3) is 2.30. The Morgan fingerprint density at radius 2 is 1.94 bits per heavy atom. The number of aromatic nitrogens is 1. The van der Waals surface area contributed by atoms with Crippen molar-refractivity contribution in [1.82, 2.24) is 4.98 Å². The molecule has 0 saturated carbocycles. The highest BCUT2D eigenvalue weighted by molar-refractivity contribution is 5.59. The predicted octanol–water partition coefficient (Wildman–Crippen LogP) is 3.81. The monoisotopic (exact) mass is 245 g/mol. The molecule has 6 heteroatoms. The van der Waals surface area contributed by atoms with Gasteiger partial charge in [-0.1, -0.05) is 0 Å². The quantitative estimate of drug-likeness (QED) is 0.714. The maximum absolute atomic E-state index is 13.0. The minimum Gasteiger partial charge on any atom is -0.441 e. The van der Waals surface area contributed by atoms with Gasteiger partial charge in [-0.25, -0.2) is 9.37 Å². The van der Waals surface area contributed by atoms with Gasteiger partial charge in [-0.15, -0.1) is 0 Å². The zero-order valence-corrected chi connectivity index (χ0v) is 8.68. The third-order valence-electron chi connectivity index (χ3n) is 2.14. The normalized spacial score (nSPS) is 11.8. The summed E-state index contributed by atoms with van der Waals surface area (Å²) in [6.45, 7) is 1.54. The summed E-state index contributed by atoms with van der Waals surface area (Å²) < 4.78 is 56.0. The molecule has 2 nitrogen and oxygen atoms in total. The summed E-state index contributed by atoms with van der Waals surface area (Å²) in [7, 11) is 0. The van der Waals surface area contributed by atoms with Gasteiger partial charge in [0.2, 0.25) is 5.89 Å². The van der Waals surface area contributed by atoms with Crippen LogP contribution in [0, 0.1) is 12.7 Å². The molecule has 17 heavy (non-hydrogen) atoms. The molecule has 0 fully saturated rings. The van der Waals surface area contributed by atoms with Crippen molar-refractivity contribution in [3.63, 3.8) is 0 Å². The molecular weight excluding hydrogens is 238 g/mol. The van der Waals surface area contributed by atoms with Gasteiger partial charge in [0.15, 0.2) is 0 Å². The first-order chi connectivity index (χ1) is 7.88. The van der Waals surface area contributed by atoms with Crippen LogP contribution in [0.2, 0.25) is 0 Å². The summed E-state index contributed by atoms with van der Waals surface area (Å²) in [6, 6.07) is 2.18. The van der Waals surface area contributed by atoms with Gasteiger partial charge in [-0.3, -0.25) is 0 Å². The third-order valence-corrected chi connectivity index (χ3v) is 2.14. The molecule has 0 aliphatic rings. The number of nitrogens with zero attached hydrogens (tertiary/aromatic N) is 1. The van der Waals surface area contributed by atoms with Crippen molar-refractivity contribution in [2.45, 2.75) is 13.1 Å². The molecule has 1 aromatic carbocycles. The molecule has 2 aromatic rings. The lowest BCUT2D eigenvalue weighted by atomic mass is 10.1. The topological polar surface area (TPSA) is 26.0 Å². The number of halogens is 4. The molecule has 0 amide bonds. The maximum Gasteiger partial charge on any atom is 0.417 e. The summed E-state index contributed by atoms with van der Waals surface area (Å²) in [5.41, 5.74) is -1.37. The van der Waals surface area contributed by atoms with Crippen molar-refractivity contribution in [3.8, 4) is 11.5 Å². The van der Waals surface area contributed by atoms with Gasteiger partial charge in [-0.2, -0.15) is 13.2 Å². The van der Waals surface area contributed by atoms with Crippen LogP contribution in [0.25, 0.3) is 11.5 Å². The molecule has 0 aliphatic carbocycles. The Labute approximate surface area is 93.9 Å². The largest absolute Gasteiger partial charge is 0.441 e. The van der Waals surface area contributed by atoms with E-state index in [0.29, 0.717) is 11.8 Å². The average molecular weight is 245 g/mol. The van der Waals surface area contributed by atoms with Crippen LogP contribution >= 0.6 is 0 Å². The fraction of sp³-hybridized carbons (Fsp3) is 0.182. The molecular formula is C11H7F4NO. The highest BCUT2D eigenvalue weighted by atomic mass is 19.4. The Kier molecular flexibility index (Phi) is 2.65. The lowest BCUT2D eigenvalue weighted by Gasteiger charge is -2.10. The zero-order chi connectivity index (χ0) is 12.6. The van der Waals surface area contributed by atoms with Crippen molar-refractivity contribution in [2.24, 2.45) is 0 Å². The van der Waals surface area contributed by atoms with Crippen LogP contribution in [-0.2, 0) is 6.18 Å². The molecule has 90 valence electrons. The fourth-order valence-electron chi connectivity index (χ4n) is 1.42. The number of rotatable bonds is 1. The van der Waals surface area contributed by atoms with Gasteiger partial charge < -0.3 is 4.42 Å². The van der Waals surface area contributed by atoms with E-state index in [-0.39, 0.29) is 5.89 Å². The van der Waals surface area contributed by atoms with Crippen LogP contribution in [0.5, 0.6) is 0 Å². The average Bonchev–Trinajstić information content (AvgIpc) is 2.62. The molecule has 1 aromatic heterocycles. The summed E-state index contributed by atoms with van der Waals surface area (Å²) in [6.07, 6.45) is -3.30. The van der Waals surface area contributed by atoms with E-state index in [4.69, 9.17) is 4.42 Å². The van der Waals surface area contributed by atoms with Crippen molar-refractivity contribution in [1.29, 1.82) is 0 Å². The minimum absolute atomic E-state index is 0.241. The number of aryl methyl sites for hydroxylation is 1. The maximum atomic E-state index is 13.0. The van der Waals surface area contributed by atoms with Gasteiger partial charge in [0, 0.05) is 0 Å². The van der Waals surface area contributed by atoms with E-state index in [1.165, 1.54) is 6.20 Å². The lowest BCUT2D eigenvalue weighted by Crippen LogP contribution is -2.07. The van der Waals surface area contributed by atoms with E-state index >= 15 is 0 Å². The first kappa shape index (κ1) is 11.6. The van der Waals surface area contributed by atoms with E-state index in [9.17, 15) is 17.6 Å². The predicted molar refractivity (Wildman–Crippen MR) is 51.6 cm³/mol. The standard InChI is InChI=1S/C11H7F4NO/c1-6-5-16-10(17-6)8-4-7(12)2-3-9(8)11(13,14)15/h2-5H,1H3. The SMILES string of the molecule is Cc1cnc(-c2cc(F)ccc2C(F)(F)F)o1. The van der Waals surface area contributed by atoms with Crippen LogP contribution in [0.4, 0.5) is 17.6 Å². The molecule has 2 rings (SSSR count). The van der Waals surface area contributed by atoms with E-state index in [0.717, 1.165) is 12.1 Å². The molecule has 0 aliphatic heterocycles. The Bertz CT molecular complexity index is 545. The minimum atomic E-state index is -4.58. The van der Waals surface area contributed by atoms with Crippen LogP contribution < -0.4 is 0 Å². The molecule has 0 N–H and O–H groups in total. The van der Waals surface area contributed by atoms with Crippen LogP contribution in [0.1, 0.15) is 11.3 Å². The molecule has 0 atom stereocenters. The summed E-state index contributed by atoms with van der Waals surface area (Å²) in [5, 5.41) is 0. The van der Waals surface area contributed by atoms with Crippen molar-refractivity contribution in [2.75, 3.05) is 0 Å². The summed E-state index contributed by atoms with van der Waals surface area (Å²) in [5.74, 6) is -0.657. The van der Waals surface area contributed by atoms with Crippen LogP contribution in [-0.4, -0.2) is 4.98 Å². The summed E-state index contributed by atoms with van der Waals surface area (Å²) >= 11 is 0. The molecule has 0 radical (unpaired) electrons. The van der Waals surface area contributed by atoms with Crippen molar-refractivity contribution < 1.29 is 22.0 Å². The second kappa shape index (κ2) is 3.87. The first-order valence-electron chi connectivity index (χ1n) is 4.67. The van der Waals surface area contributed by atoms with Gasteiger partial charge >= 0.3 is 6.18 Å². The fourth-order valence-corrected chi connectivity index (χ4v) is 1.42. The smallest absolute Gasteiger partial charge is 0.417 e. The molecule has 0 saturated heterocycles. The Hall–Kier alpha value is -1.85. The molecule has 0 unspecified atom stereocenters. The number of benzene rings is 1. The van der Waals surface area contributed by atoms with E-state index < -0.39 is 23.1 Å². The first-order valence-corrected chi connectivity index (χ1v) is 4.67. The second-order valence-electron chi connectivity index (χ2n) is 3.46. The number of alkyl halides is 3. The van der Waals surface area contributed by atoms with Crippen LogP contribution in [0.3, 0.4) is 0 Å². The molecule has 1 heterocycles. The highest BCUT2D eigenvalue weighted by Gasteiger charge is 2.35. The second-order valence-corrected chi connectivity index (χ2v) is 3.46. The number of hydrogen-bond acceptors (Lipinski definition) is 2. The van der Waals surface area contributed by atoms with Crippen LogP contribution in [0.15, 0.2) is 28.8 Å².